The van der Waals surface area contributed by atoms with Crippen molar-refractivity contribution in [3.8, 4) is 5.75 Å². The van der Waals surface area contributed by atoms with E-state index in [1.807, 2.05) is 6.92 Å². The van der Waals surface area contributed by atoms with Gasteiger partial charge in [0.2, 0.25) is 5.91 Å². The van der Waals surface area contributed by atoms with Crippen LogP contribution in [0.4, 0.5) is 5.69 Å². The zero-order valence-electron chi connectivity index (χ0n) is 19.2. The van der Waals surface area contributed by atoms with Crippen LogP contribution in [0.25, 0.3) is 0 Å². The molecule has 2 aromatic carbocycles. The summed E-state index contributed by atoms with van der Waals surface area (Å²) in [5, 5.41) is 3.09. The van der Waals surface area contributed by atoms with Gasteiger partial charge in [-0.3, -0.25) is 14.4 Å². The molecule has 2 aromatic rings. The quantitative estimate of drug-likeness (QED) is 0.219. The smallest absolute Gasteiger partial charge is 0.338 e. The van der Waals surface area contributed by atoms with E-state index in [2.05, 4.69) is 5.32 Å². The van der Waals surface area contributed by atoms with Crippen LogP contribution in [-0.4, -0.2) is 63.1 Å². The Bertz CT molecular complexity index is 1020. The number of ether oxygens (including phenoxy) is 3. The molecule has 1 aliphatic heterocycles. The number of carbonyl (C=O) groups excluding carboxylic acids is 4. The van der Waals surface area contributed by atoms with Gasteiger partial charge in [-0.2, -0.15) is 0 Å². The highest BCUT2D eigenvalue weighted by Gasteiger charge is 2.39. The largest absolute Gasteiger partial charge is 0.497 e. The second kappa shape index (κ2) is 12.1. The summed E-state index contributed by atoms with van der Waals surface area (Å²) >= 11 is 0. The van der Waals surface area contributed by atoms with E-state index >= 15 is 0 Å². The zero-order chi connectivity index (χ0) is 24.5. The first kappa shape index (κ1) is 25.1. The number of methoxy groups -OCH3 is 1. The summed E-state index contributed by atoms with van der Waals surface area (Å²) in [6.07, 6.45) is 0.814. The van der Waals surface area contributed by atoms with Crippen LogP contribution in [0, 0.1) is 0 Å². The third kappa shape index (κ3) is 6.27. The number of carbonyl (C=O) groups is 4. The highest BCUT2D eigenvalue weighted by Crippen LogP contribution is 2.23. The maximum Gasteiger partial charge on any atom is 0.338 e. The third-order valence-electron chi connectivity index (χ3n) is 5.31. The van der Waals surface area contributed by atoms with Crippen molar-refractivity contribution in [2.24, 2.45) is 0 Å². The van der Waals surface area contributed by atoms with Gasteiger partial charge in [0, 0.05) is 18.8 Å². The van der Waals surface area contributed by atoms with Gasteiger partial charge >= 0.3 is 5.97 Å². The number of Topliss-reactive ketones (excluding diaryl/α,β-unsaturated/α-hetero) is 1. The van der Waals surface area contributed by atoms with Gasteiger partial charge in [-0.1, -0.05) is 0 Å². The lowest BCUT2D eigenvalue weighted by Gasteiger charge is -2.16. The van der Waals surface area contributed by atoms with Crippen LogP contribution in [-0.2, 0) is 19.1 Å². The lowest BCUT2D eigenvalue weighted by atomic mass is 10.1. The molecule has 9 heteroatoms. The van der Waals surface area contributed by atoms with Crippen LogP contribution in [0.15, 0.2) is 48.5 Å². The minimum Gasteiger partial charge on any atom is -0.497 e. The van der Waals surface area contributed by atoms with Crippen molar-refractivity contribution in [2.75, 3.05) is 38.4 Å². The Morgan fingerprint density at radius 1 is 1.03 bits per heavy atom. The van der Waals surface area contributed by atoms with Crippen molar-refractivity contribution < 1.29 is 33.4 Å². The lowest BCUT2D eigenvalue weighted by molar-refractivity contribution is -0.121. The molecule has 34 heavy (non-hydrogen) atoms. The van der Waals surface area contributed by atoms with E-state index in [1.54, 1.807) is 24.3 Å². The topological polar surface area (TPSA) is 111 Å². The molecular weight excluding hydrogens is 440 g/mol. The maximum atomic E-state index is 12.7. The van der Waals surface area contributed by atoms with Crippen LogP contribution in [0.1, 0.15) is 40.5 Å². The van der Waals surface area contributed by atoms with Gasteiger partial charge in [0.25, 0.3) is 5.91 Å². The monoisotopic (exact) mass is 468 g/mol. The number of imide groups is 1. The van der Waals surface area contributed by atoms with E-state index in [0.717, 1.165) is 11.3 Å². The number of benzene rings is 2. The second-order valence-corrected chi connectivity index (χ2v) is 7.60. The van der Waals surface area contributed by atoms with E-state index in [9.17, 15) is 19.2 Å². The fourth-order valence-electron chi connectivity index (χ4n) is 3.48. The normalized spacial score (nSPS) is 15.5. The molecule has 0 spiro atoms. The van der Waals surface area contributed by atoms with Gasteiger partial charge in [0.15, 0.2) is 12.4 Å². The lowest BCUT2D eigenvalue weighted by Crippen LogP contribution is -2.39. The fraction of sp³-hybridized carbons (Fsp3) is 0.360. The first-order valence-electron chi connectivity index (χ1n) is 11.1. The van der Waals surface area contributed by atoms with Gasteiger partial charge in [-0.05, 0) is 68.4 Å². The molecule has 0 saturated carbocycles. The number of nitrogens with zero attached hydrogens (tertiary/aromatic N) is 1. The Labute approximate surface area is 198 Å². The van der Waals surface area contributed by atoms with E-state index < -0.39 is 18.6 Å². The number of rotatable bonds is 12. The molecule has 1 atom stereocenters. The van der Waals surface area contributed by atoms with Gasteiger partial charge < -0.3 is 19.5 Å². The molecule has 1 N–H and O–H groups in total. The summed E-state index contributed by atoms with van der Waals surface area (Å²) in [5.74, 6) is -1.05. The minimum atomic E-state index is -0.679. The summed E-state index contributed by atoms with van der Waals surface area (Å²) in [4.78, 5) is 50.8. The molecule has 1 heterocycles. The molecule has 9 nitrogen and oxygen atoms in total. The van der Waals surface area contributed by atoms with Crippen LogP contribution in [0.3, 0.4) is 0 Å². The summed E-state index contributed by atoms with van der Waals surface area (Å²) in [6, 6.07) is 11.8. The van der Waals surface area contributed by atoms with Crippen molar-refractivity contribution >= 4 is 29.3 Å². The number of anilines is 1. The van der Waals surface area contributed by atoms with Gasteiger partial charge in [0.1, 0.15) is 5.75 Å². The Balaban J connectivity index is 1.53. The van der Waals surface area contributed by atoms with Crippen molar-refractivity contribution in [3.05, 3.63) is 59.7 Å². The third-order valence-corrected chi connectivity index (χ3v) is 5.31. The molecule has 1 fully saturated rings. The summed E-state index contributed by atoms with van der Waals surface area (Å²) in [7, 11) is 1.53. The number of nitrogens with one attached hydrogen (secondary N) is 1. The number of hydrogen-bond acceptors (Lipinski definition) is 8. The number of esters is 1. The number of amides is 2. The predicted molar refractivity (Wildman–Crippen MR) is 124 cm³/mol. The molecule has 0 aromatic heterocycles. The molecular formula is C25H28N2O7. The molecule has 0 radical (unpaired) electrons. The molecule has 1 saturated heterocycles. The zero-order valence-corrected chi connectivity index (χ0v) is 19.2. The van der Waals surface area contributed by atoms with E-state index in [0.29, 0.717) is 36.8 Å². The molecule has 1 unspecified atom stereocenters. The minimum absolute atomic E-state index is 0.0741. The maximum absolute atomic E-state index is 12.7. The highest BCUT2D eigenvalue weighted by molar-refractivity contribution is 6.22. The Hall–Kier alpha value is -3.56. The molecule has 1 aliphatic rings. The Kier molecular flexibility index (Phi) is 8.89. The average Bonchev–Trinajstić information content (AvgIpc) is 3.15. The van der Waals surface area contributed by atoms with E-state index in [-0.39, 0.29) is 29.6 Å². The first-order chi connectivity index (χ1) is 16.4. The first-order valence-corrected chi connectivity index (χ1v) is 11.1. The predicted octanol–water partition coefficient (Wildman–Crippen LogP) is 2.38. The molecule has 0 aliphatic carbocycles. The molecule has 3 rings (SSSR count). The standard InChI is InChI=1S/C25H28N2O7/c1-3-33-14-4-13-26-21-15-23(29)27(24(21)30)19-9-5-18(6-10-19)25(31)34-16-22(28)17-7-11-20(32-2)12-8-17/h5-12,21,26H,3-4,13-16H2,1-2H3. The van der Waals surface area contributed by atoms with Crippen molar-refractivity contribution in [3.63, 3.8) is 0 Å². The fourth-order valence-corrected chi connectivity index (χ4v) is 3.48. The number of hydrogen-bond donors (Lipinski definition) is 1. The summed E-state index contributed by atoms with van der Waals surface area (Å²) in [6.45, 7) is 3.30. The Morgan fingerprint density at radius 2 is 1.71 bits per heavy atom. The van der Waals surface area contributed by atoms with E-state index in [1.165, 1.54) is 31.4 Å². The summed E-state index contributed by atoms with van der Waals surface area (Å²) in [5.41, 5.74) is 0.978. The molecule has 2 amide bonds. The average molecular weight is 469 g/mol. The van der Waals surface area contributed by atoms with Crippen LogP contribution in [0.2, 0.25) is 0 Å². The number of ketones is 1. The molecule has 180 valence electrons. The van der Waals surface area contributed by atoms with Crippen LogP contribution < -0.4 is 15.0 Å². The van der Waals surface area contributed by atoms with Crippen LogP contribution in [0.5, 0.6) is 5.75 Å². The second-order valence-electron chi connectivity index (χ2n) is 7.60. The van der Waals surface area contributed by atoms with Crippen LogP contribution >= 0.6 is 0 Å². The van der Waals surface area contributed by atoms with Gasteiger partial charge in [-0.15, -0.1) is 0 Å². The highest BCUT2D eigenvalue weighted by atomic mass is 16.5. The van der Waals surface area contributed by atoms with Crippen molar-refractivity contribution in [2.45, 2.75) is 25.8 Å². The Morgan fingerprint density at radius 3 is 2.35 bits per heavy atom. The summed E-state index contributed by atoms with van der Waals surface area (Å²) < 4.78 is 15.4. The van der Waals surface area contributed by atoms with Gasteiger partial charge in [-0.25, -0.2) is 9.69 Å². The SMILES string of the molecule is CCOCCCNC1CC(=O)N(c2ccc(C(=O)OCC(=O)c3ccc(OC)cc3)cc2)C1=O. The van der Waals surface area contributed by atoms with Gasteiger partial charge in [0.05, 0.1) is 30.8 Å². The van der Waals surface area contributed by atoms with Crippen molar-refractivity contribution in [1.29, 1.82) is 0 Å². The van der Waals surface area contributed by atoms with E-state index in [4.69, 9.17) is 14.2 Å². The molecule has 0 bridgehead atoms. The van der Waals surface area contributed by atoms with Crippen molar-refractivity contribution in [1.82, 2.24) is 5.32 Å².